The molecule has 0 saturated carbocycles. The van der Waals surface area contributed by atoms with Crippen LogP contribution >= 0.6 is 0 Å². The molecule has 2 N–H and O–H groups in total. The van der Waals surface area contributed by atoms with Gasteiger partial charge >= 0.3 is 0 Å². The zero-order valence-electron chi connectivity index (χ0n) is 13.8. The summed E-state index contributed by atoms with van der Waals surface area (Å²) in [7, 11) is 0. The number of nitrogens with zero attached hydrogens (tertiary/aromatic N) is 3. The van der Waals surface area contributed by atoms with Crippen LogP contribution in [0, 0.1) is 15.5 Å². The average molecular weight is 330 g/mol. The molecular weight excluding hydrogens is 308 g/mol. The van der Waals surface area contributed by atoms with E-state index in [0.29, 0.717) is 23.8 Å². The summed E-state index contributed by atoms with van der Waals surface area (Å²) in [6.07, 6.45) is 3.46. The molecule has 0 bridgehead atoms. The number of aromatic nitrogens is 1. The normalized spacial score (nSPS) is 21.2. The first-order valence-corrected chi connectivity index (χ1v) is 8.11. The molecule has 3 rings (SSSR count). The highest BCUT2D eigenvalue weighted by Gasteiger charge is 2.32. The van der Waals surface area contributed by atoms with E-state index in [9.17, 15) is 10.1 Å². The minimum Gasteiger partial charge on any atom is -0.441 e. The first kappa shape index (κ1) is 16.6. The van der Waals surface area contributed by atoms with Gasteiger partial charge in [-0.1, -0.05) is 19.1 Å². The second-order valence-corrected chi connectivity index (χ2v) is 6.72. The van der Waals surface area contributed by atoms with Gasteiger partial charge in [0, 0.05) is 37.2 Å². The highest BCUT2D eigenvalue weighted by Crippen LogP contribution is 2.29. The number of oxazole rings is 1. The third kappa shape index (κ3) is 3.63. The van der Waals surface area contributed by atoms with E-state index in [-0.39, 0.29) is 11.1 Å². The Morgan fingerprint density at radius 3 is 3.04 bits per heavy atom. The molecule has 1 aromatic carbocycles. The fourth-order valence-corrected chi connectivity index (χ4v) is 3.07. The number of nitro benzene ring substituents is 1. The van der Waals surface area contributed by atoms with Crippen LogP contribution in [0.2, 0.25) is 0 Å². The lowest BCUT2D eigenvalue weighted by molar-refractivity contribution is -0.384. The van der Waals surface area contributed by atoms with E-state index in [4.69, 9.17) is 10.2 Å². The van der Waals surface area contributed by atoms with E-state index in [2.05, 4.69) is 16.8 Å². The lowest BCUT2D eigenvalue weighted by Crippen LogP contribution is -2.32. The minimum atomic E-state index is -0.414. The Kier molecular flexibility index (Phi) is 4.64. The predicted octanol–water partition coefficient (Wildman–Crippen LogP) is 2.46. The molecule has 0 aliphatic carbocycles. The van der Waals surface area contributed by atoms with Crippen LogP contribution in [-0.2, 0) is 6.42 Å². The van der Waals surface area contributed by atoms with Gasteiger partial charge in [0.25, 0.3) is 5.69 Å². The Bertz CT molecular complexity index is 730. The summed E-state index contributed by atoms with van der Waals surface area (Å²) < 4.78 is 5.76. The smallest absolute Gasteiger partial charge is 0.270 e. The van der Waals surface area contributed by atoms with Crippen molar-refractivity contribution in [1.82, 2.24) is 9.88 Å². The Labute approximate surface area is 140 Å². The molecule has 1 unspecified atom stereocenters. The SMILES string of the molecule is CC1(CN)CCN(CCc2ncc(-c3cccc([N+](=O)[O-])c3)o2)C1. The quantitative estimate of drug-likeness (QED) is 0.645. The van der Waals surface area contributed by atoms with E-state index in [1.807, 2.05) is 0 Å². The van der Waals surface area contributed by atoms with Crippen molar-refractivity contribution in [2.75, 3.05) is 26.2 Å². The second-order valence-electron chi connectivity index (χ2n) is 6.72. The molecule has 1 atom stereocenters. The third-order valence-electron chi connectivity index (χ3n) is 4.67. The zero-order valence-corrected chi connectivity index (χ0v) is 13.8. The van der Waals surface area contributed by atoms with Crippen LogP contribution < -0.4 is 5.73 Å². The molecule has 0 spiro atoms. The van der Waals surface area contributed by atoms with Crippen LogP contribution in [0.25, 0.3) is 11.3 Å². The first-order chi connectivity index (χ1) is 11.5. The largest absolute Gasteiger partial charge is 0.441 e. The Morgan fingerprint density at radius 1 is 1.50 bits per heavy atom. The maximum Gasteiger partial charge on any atom is 0.270 e. The summed E-state index contributed by atoms with van der Waals surface area (Å²) in [6.45, 7) is 5.86. The molecule has 24 heavy (non-hydrogen) atoms. The lowest BCUT2D eigenvalue weighted by Gasteiger charge is -2.22. The standard InChI is InChI=1S/C17H22N4O3/c1-17(11-18)6-8-20(12-17)7-5-16-19-10-15(24-16)13-3-2-4-14(9-13)21(22)23/h2-4,9-10H,5-8,11-12,18H2,1H3. The summed E-state index contributed by atoms with van der Waals surface area (Å²) in [4.78, 5) is 17.1. The molecule has 0 radical (unpaired) electrons. The first-order valence-electron chi connectivity index (χ1n) is 8.11. The molecule has 2 aromatic rings. The van der Waals surface area contributed by atoms with Crippen LogP contribution in [0.4, 0.5) is 5.69 Å². The number of likely N-dealkylation sites (tertiary alicyclic amines) is 1. The van der Waals surface area contributed by atoms with E-state index in [1.165, 1.54) is 12.1 Å². The fraction of sp³-hybridized carbons (Fsp3) is 0.471. The van der Waals surface area contributed by atoms with E-state index in [1.54, 1.807) is 18.3 Å². The predicted molar refractivity (Wildman–Crippen MR) is 90.5 cm³/mol. The third-order valence-corrected chi connectivity index (χ3v) is 4.67. The van der Waals surface area contributed by atoms with Crippen LogP contribution in [0.1, 0.15) is 19.2 Å². The van der Waals surface area contributed by atoms with Crippen molar-refractivity contribution in [3.63, 3.8) is 0 Å². The Morgan fingerprint density at radius 2 is 2.33 bits per heavy atom. The summed E-state index contributed by atoms with van der Waals surface area (Å²) in [5.74, 6) is 1.21. The van der Waals surface area contributed by atoms with Crippen LogP contribution in [0.5, 0.6) is 0 Å². The molecule has 2 heterocycles. The summed E-state index contributed by atoms with van der Waals surface area (Å²) in [6, 6.07) is 6.39. The van der Waals surface area contributed by atoms with Gasteiger partial charge in [0.2, 0.25) is 0 Å². The van der Waals surface area contributed by atoms with Crippen molar-refractivity contribution in [3.8, 4) is 11.3 Å². The number of nitro groups is 1. The topological polar surface area (TPSA) is 98.4 Å². The molecule has 1 saturated heterocycles. The number of hydrogen-bond acceptors (Lipinski definition) is 6. The van der Waals surface area contributed by atoms with Gasteiger partial charge in [-0.2, -0.15) is 0 Å². The van der Waals surface area contributed by atoms with E-state index < -0.39 is 4.92 Å². The Hall–Kier alpha value is -2.25. The fourth-order valence-electron chi connectivity index (χ4n) is 3.07. The lowest BCUT2D eigenvalue weighted by atomic mass is 9.90. The van der Waals surface area contributed by atoms with E-state index in [0.717, 1.165) is 32.5 Å². The highest BCUT2D eigenvalue weighted by atomic mass is 16.6. The molecule has 7 heteroatoms. The highest BCUT2D eigenvalue weighted by molar-refractivity contribution is 5.60. The van der Waals surface area contributed by atoms with Gasteiger partial charge in [-0.25, -0.2) is 4.98 Å². The molecule has 1 aromatic heterocycles. The summed E-state index contributed by atoms with van der Waals surface area (Å²) in [5.41, 5.74) is 6.76. The number of benzene rings is 1. The molecule has 1 aliphatic heterocycles. The molecule has 0 amide bonds. The molecule has 128 valence electrons. The molecular formula is C17H22N4O3. The summed E-state index contributed by atoms with van der Waals surface area (Å²) in [5, 5.41) is 10.9. The van der Waals surface area contributed by atoms with Crippen molar-refractivity contribution < 1.29 is 9.34 Å². The van der Waals surface area contributed by atoms with Crippen molar-refractivity contribution in [3.05, 3.63) is 46.5 Å². The van der Waals surface area contributed by atoms with Crippen molar-refractivity contribution in [1.29, 1.82) is 0 Å². The zero-order chi connectivity index (χ0) is 17.2. The van der Waals surface area contributed by atoms with Crippen molar-refractivity contribution >= 4 is 5.69 Å². The maximum atomic E-state index is 10.9. The van der Waals surface area contributed by atoms with E-state index >= 15 is 0 Å². The van der Waals surface area contributed by atoms with Crippen LogP contribution in [-0.4, -0.2) is 41.0 Å². The number of non-ortho nitro benzene ring substituents is 1. The number of rotatable bonds is 6. The molecule has 7 nitrogen and oxygen atoms in total. The van der Waals surface area contributed by atoms with Gasteiger partial charge in [0.1, 0.15) is 0 Å². The van der Waals surface area contributed by atoms with Gasteiger partial charge in [-0.15, -0.1) is 0 Å². The van der Waals surface area contributed by atoms with Crippen molar-refractivity contribution in [2.24, 2.45) is 11.1 Å². The Balaban J connectivity index is 1.62. The van der Waals surface area contributed by atoms with Crippen molar-refractivity contribution in [2.45, 2.75) is 19.8 Å². The average Bonchev–Trinajstić information content (AvgIpc) is 3.20. The van der Waals surface area contributed by atoms with Gasteiger partial charge < -0.3 is 15.1 Å². The van der Waals surface area contributed by atoms with Crippen LogP contribution in [0.3, 0.4) is 0 Å². The number of hydrogen-bond donors (Lipinski definition) is 1. The molecule has 1 aliphatic rings. The van der Waals surface area contributed by atoms with Gasteiger partial charge in [-0.05, 0) is 24.9 Å². The maximum absolute atomic E-state index is 10.9. The van der Waals surface area contributed by atoms with Gasteiger partial charge in [-0.3, -0.25) is 10.1 Å². The van der Waals surface area contributed by atoms with Gasteiger partial charge in [0.15, 0.2) is 11.7 Å². The van der Waals surface area contributed by atoms with Crippen LogP contribution in [0.15, 0.2) is 34.9 Å². The second kappa shape index (κ2) is 6.70. The number of nitrogens with two attached hydrogens (primary N) is 1. The summed E-state index contributed by atoms with van der Waals surface area (Å²) >= 11 is 0. The minimum absolute atomic E-state index is 0.0450. The molecule has 1 fully saturated rings. The van der Waals surface area contributed by atoms with Gasteiger partial charge in [0.05, 0.1) is 11.1 Å². The monoisotopic (exact) mass is 330 g/mol.